The molecule has 0 spiro atoms. The highest BCUT2D eigenvalue weighted by Crippen LogP contribution is 2.33. The SMILES string of the molecule is CCCCCC(CCCC(c1ccccc1)c1ccccc1)OP(O)O. The summed E-state index contributed by atoms with van der Waals surface area (Å²) < 4.78 is 5.37. The standard InChI is InChI=1S/C22H31O3P/c1-2-3-6-16-21(25-26(23)24)17-11-18-22(19-12-7-4-8-13-19)20-14-9-5-10-15-20/h4-5,7-10,12-15,21-24H,2-3,6,11,16-18H2,1H3. The predicted octanol–water partition coefficient (Wildman–Crippen LogP) is 6.17. The van der Waals surface area contributed by atoms with Crippen LogP contribution in [0.3, 0.4) is 0 Å². The van der Waals surface area contributed by atoms with Crippen molar-refractivity contribution in [2.75, 3.05) is 0 Å². The van der Waals surface area contributed by atoms with Crippen LogP contribution < -0.4 is 0 Å². The smallest absolute Gasteiger partial charge is 0.327 e. The van der Waals surface area contributed by atoms with Crippen molar-refractivity contribution >= 4 is 8.60 Å². The van der Waals surface area contributed by atoms with E-state index in [9.17, 15) is 9.79 Å². The van der Waals surface area contributed by atoms with Crippen molar-refractivity contribution in [1.29, 1.82) is 0 Å². The van der Waals surface area contributed by atoms with Crippen LogP contribution in [0.1, 0.15) is 68.9 Å². The third kappa shape index (κ3) is 7.55. The zero-order chi connectivity index (χ0) is 18.6. The molecule has 2 rings (SSSR count). The molecular formula is C22H31O3P. The molecule has 26 heavy (non-hydrogen) atoms. The Labute approximate surface area is 159 Å². The highest BCUT2D eigenvalue weighted by atomic mass is 31.2. The number of rotatable bonds is 12. The first-order chi connectivity index (χ1) is 12.7. The largest absolute Gasteiger partial charge is 0.328 e. The van der Waals surface area contributed by atoms with Crippen LogP contribution >= 0.6 is 8.60 Å². The molecule has 0 aliphatic rings. The number of benzene rings is 2. The first kappa shape index (κ1) is 21.1. The first-order valence-electron chi connectivity index (χ1n) is 9.65. The molecule has 0 amide bonds. The van der Waals surface area contributed by atoms with Gasteiger partial charge in [0.1, 0.15) is 0 Å². The minimum Gasteiger partial charge on any atom is -0.328 e. The molecule has 0 radical (unpaired) electrons. The Balaban J connectivity index is 1.97. The third-order valence-corrected chi connectivity index (χ3v) is 5.28. The maximum absolute atomic E-state index is 9.24. The Morgan fingerprint density at radius 3 is 1.81 bits per heavy atom. The van der Waals surface area contributed by atoms with Crippen molar-refractivity contribution in [3.8, 4) is 0 Å². The van der Waals surface area contributed by atoms with Gasteiger partial charge in [0.05, 0.1) is 6.10 Å². The van der Waals surface area contributed by atoms with Crippen LogP contribution in [0.5, 0.6) is 0 Å². The number of unbranched alkanes of at least 4 members (excludes halogenated alkanes) is 2. The maximum atomic E-state index is 9.24. The molecule has 3 nitrogen and oxygen atoms in total. The lowest BCUT2D eigenvalue weighted by atomic mass is 9.86. The Morgan fingerprint density at radius 1 is 0.769 bits per heavy atom. The molecule has 0 aliphatic carbocycles. The molecule has 2 N–H and O–H groups in total. The van der Waals surface area contributed by atoms with Gasteiger partial charge in [0, 0.05) is 5.92 Å². The summed E-state index contributed by atoms with van der Waals surface area (Å²) in [5.41, 5.74) is 2.66. The Bertz CT molecular complexity index is 549. The van der Waals surface area contributed by atoms with Gasteiger partial charge in [-0.25, -0.2) is 0 Å². The van der Waals surface area contributed by atoms with Crippen LogP contribution in [0.25, 0.3) is 0 Å². The summed E-state index contributed by atoms with van der Waals surface area (Å²) in [5, 5.41) is 0. The van der Waals surface area contributed by atoms with Crippen LogP contribution in [0.2, 0.25) is 0 Å². The molecule has 0 aliphatic heterocycles. The van der Waals surface area contributed by atoms with Gasteiger partial charge in [-0.15, -0.1) is 0 Å². The Hall–Kier alpha value is -1.25. The van der Waals surface area contributed by atoms with Crippen LogP contribution in [-0.2, 0) is 4.52 Å². The van der Waals surface area contributed by atoms with Crippen molar-refractivity contribution in [3.05, 3.63) is 71.8 Å². The molecular weight excluding hydrogens is 343 g/mol. The summed E-state index contributed by atoms with van der Waals surface area (Å²) in [5.74, 6) is 0.360. The normalized spacial score (nSPS) is 12.7. The number of hydrogen-bond acceptors (Lipinski definition) is 3. The maximum Gasteiger partial charge on any atom is 0.327 e. The van der Waals surface area contributed by atoms with E-state index in [-0.39, 0.29) is 6.10 Å². The van der Waals surface area contributed by atoms with Gasteiger partial charge in [-0.05, 0) is 36.8 Å². The molecule has 142 valence electrons. The van der Waals surface area contributed by atoms with Gasteiger partial charge in [-0.2, -0.15) is 0 Å². The zero-order valence-corrected chi connectivity index (χ0v) is 16.5. The average Bonchev–Trinajstić information content (AvgIpc) is 2.66. The van der Waals surface area contributed by atoms with E-state index in [1.165, 1.54) is 11.1 Å². The average molecular weight is 374 g/mol. The highest BCUT2D eigenvalue weighted by Gasteiger charge is 2.17. The third-order valence-electron chi connectivity index (χ3n) is 4.80. The highest BCUT2D eigenvalue weighted by molar-refractivity contribution is 7.39. The van der Waals surface area contributed by atoms with Gasteiger partial charge in [-0.3, -0.25) is 0 Å². The van der Waals surface area contributed by atoms with Crippen molar-refractivity contribution in [2.24, 2.45) is 0 Å². The van der Waals surface area contributed by atoms with Crippen LogP contribution in [0.15, 0.2) is 60.7 Å². The topological polar surface area (TPSA) is 49.7 Å². The van der Waals surface area contributed by atoms with Crippen molar-refractivity contribution in [1.82, 2.24) is 0 Å². The molecule has 0 saturated carbocycles. The van der Waals surface area contributed by atoms with E-state index in [2.05, 4.69) is 55.5 Å². The van der Waals surface area contributed by atoms with Gasteiger partial charge in [-0.1, -0.05) is 86.8 Å². The number of hydrogen-bond donors (Lipinski definition) is 2. The molecule has 2 aromatic rings. The summed E-state index contributed by atoms with van der Waals surface area (Å²) in [7, 11) is -2.28. The molecule has 1 unspecified atom stereocenters. The van der Waals surface area contributed by atoms with Crippen molar-refractivity contribution < 1.29 is 14.3 Å². The van der Waals surface area contributed by atoms with Crippen molar-refractivity contribution in [3.63, 3.8) is 0 Å². The molecule has 0 saturated heterocycles. The monoisotopic (exact) mass is 374 g/mol. The first-order valence-corrected chi connectivity index (χ1v) is 10.8. The second-order valence-electron chi connectivity index (χ2n) is 6.78. The fourth-order valence-electron chi connectivity index (χ4n) is 3.45. The van der Waals surface area contributed by atoms with Crippen LogP contribution in [0, 0.1) is 0 Å². The minimum atomic E-state index is -2.28. The molecule has 1 atom stereocenters. The molecule has 2 aromatic carbocycles. The van der Waals surface area contributed by atoms with Crippen LogP contribution in [0.4, 0.5) is 0 Å². The lowest BCUT2D eigenvalue weighted by Gasteiger charge is -2.21. The summed E-state index contributed by atoms with van der Waals surface area (Å²) in [6, 6.07) is 21.2. The molecule has 4 heteroatoms. The van der Waals surface area contributed by atoms with E-state index in [4.69, 9.17) is 4.52 Å². The molecule has 0 aromatic heterocycles. The van der Waals surface area contributed by atoms with Crippen molar-refractivity contribution in [2.45, 2.75) is 63.9 Å². The summed E-state index contributed by atoms with van der Waals surface area (Å²) in [6.45, 7) is 2.17. The quantitative estimate of drug-likeness (QED) is 0.345. The predicted molar refractivity (Wildman–Crippen MR) is 109 cm³/mol. The summed E-state index contributed by atoms with van der Waals surface area (Å²) in [6.07, 6.45) is 7.11. The second kappa shape index (κ2) is 12.2. The summed E-state index contributed by atoms with van der Waals surface area (Å²) >= 11 is 0. The van der Waals surface area contributed by atoms with Gasteiger partial charge in [0.25, 0.3) is 0 Å². The van der Waals surface area contributed by atoms with E-state index < -0.39 is 8.60 Å². The van der Waals surface area contributed by atoms with E-state index >= 15 is 0 Å². The van der Waals surface area contributed by atoms with E-state index in [0.29, 0.717) is 5.92 Å². The molecule has 0 bridgehead atoms. The van der Waals surface area contributed by atoms with Gasteiger partial charge >= 0.3 is 8.60 Å². The second-order valence-corrected chi connectivity index (χ2v) is 7.50. The minimum absolute atomic E-state index is 0.0603. The Morgan fingerprint density at radius 2 is 1.31 bits per heavy atom. The van der Waals surface area contributed by atoms with E-state index in [1.807, 2.05) is 12.1 Å². The zero-order valence-electron chi connectivity index (χ0n) is 15.6. The van der Waals surface area contributed by atoms with E-state index in [0.717, 1.165) is 44.9 Å². The molecule has 0 heterocycles. The van der Waals surface area contributed by atoms with Gasteiger partial charge in [0.15, 0.2) is 0 Å². The fourth-order valence-corrected chi connectivity index (χ4v) is 3.93. The van der Waals surface area contributed by atoms with Gasteiger partial charge in [0.2, 0.25) is 0 Å². The lowest BCUT2D eigenvalue weighted by Crippen LogP contribution is -2.11. The lowest BCUT2D eigenvalue weighted by molar-refractivity contribution is 0.147. The van der Waals surface area contributed by atoms with Gasteiger partial charge < -0.3 is 14.3 Å². The fraction of sp³-hybridized carbons (Fsp3) is 0.455. The van der Waals surface area contributed by atoms with Crippen LogP contribution in [-0.4, -0.2) is 15.9 Å². The summed E-state index contributed by atoms with van der Waals surface area (Å²) in [4.78, 5) is 18.5. The Kier molecular flexibility index (Phi) is 9.87. The van der Waals surface area contributed by atoms with E-state index in [1.54, 1.807) is 0 Å². The molecule has 0 fully saturated rings.